The molecule has 1 heterocycles. The van der Waals surface area contributed by atoms with E-state index >= 15 is 0 Å². The minimum absolute atomic E-state index is 0.0384. The van der Waals surface area contributed by atoms with Crippen LogP contribution in [0, 0.1) is 11.8 Å². The van der Waals surface area contributed by atoms with Crippen LogP contribution in [0.4, 0.5) is 0 Å². The summed E-state index contributed by atoms with van der Waals surface area (Å²) >= 11 is 7.16. The average molecular weight is 541 g/mol. The Morgan fingerprint density at radius 1 is 1.07 bits per heavy atom. The summed E-state index contributed by atoms with van der Waals surface area (Å²) in [4.78, 5) is 11.8. The van der Waals surface area contributed by atoms with Crippen molar-refractivity contribution in [1.29, 1.82) is 0 Å². The highest BCUT2D eigenvalue weighted by atomic mass is 79.9. The molecular weight excluding hydrogens is 514 g/mol. The Bertz CT molecular complexity index is 786. The van der Waals surface area contributed by atoms with Gasteiger partial charge in [0.25, 0.3) is 0 Å². The van der Waals surface area contributed by atoms with Crippen molar-refractivity contribution in [1.82, 2.24) is 5.32 Å². The third-order valence-corrected chi connectivity index (χ3v) is 6.72. The van der Waals surface area contributed by atoms with Crippen LogP contribution < -0.4 is 10.1 Å². The third kappa shape index (κ3) is 6.54. The third-order valence-electron chi connectivity index (χ3n) is 5.36. The first-order chi connectivity index (χ1) is 14.6. The highest BCUT2D eigenvalue weighted by Crippen LogP contribution is 2.41. The smallest absolute Gasteiger partial charge is 0.308 e. The first-order valence-electron chi connectivity index (χ1n) is 10.1. The lowest BCUT2D eigenvalue weighted by molar-refractivity contribution is -0.143. The Morgan fingerprint density at radius 2 is 1.80 bits per heavy atom. The Kier molecular flexibility index (Phi) is 9.18. The van der Waals surface area contributed by atoms with Gasteiger partial charge in [0.2, 0.25) is 0 Å². The number of carboxylic acid groups (broad SMARTS) is 1. The molecule has 5 nitrogen and oxygen atoms in total. The van der Waals surface area contributed by atoms with Crippen molar-refractivity contribution in [2.45, 2.75) is 22.7 Å². The lowest BCUT2D eigenvalue weighted by atomic mass is 9.75. The summed E-state index contributed by atoms with van der Waals surface area (Å²) in [6.07, 6.45) is 0.806. The minimum atomic E-state index is -0.770. The van der Waals surface area contributed by atoms with Crippen molar-refractivity contribution >= 4 is 37.8 Å². The van der Waals surface area contributed by atoms with E-state index in [1.165, 1.54) is 5.56 Å². The standard InChI is InChI=1S/C23H27Br2NO4/c24-22(25)19-13-26-14-20(23(27)28)21(19)17-7-9-18(10-8-17)30-12-4-11-29-15-16-5-2-1-3-6-16/h1-3,5-10,19-22,26H,4,11-15H2,(H,27,28)/t19-,20+,21-/m1/s1. The summed E-state index contributed by atoms with van der Waals surface area (Å²) < 4.78 is 11.5. The number of rotatable bonds is 10. The quantitative estimate of drug-likeness (QED) is 0.335. The number of benzene rings is 2. The van der Waals surface area contributed by atoms with E-state index in [1.807, 2.05) is 54.6 Å². The molecule has 0 radical (unpaired) electrons. The van der Waals surface area contributed by atoms with Crippen LogP contribution in [-0.2, 0) is 16.1 Å². The van der Waals surface area contributed by atoms with E-state index in [4.69, 9.17) is 9.47 Å². The largest absolute Gasteiger partial charge is 0.494 e. The Morgan fingerprint density at radius 3 is 2.47 bits per heavy atom. The molecule has 3 atom stereocenters. The van der Waals surface area contributed by atoms with E-state index in [0.717, 1.165) is 24.3 Å². The molecule has 1 aliphatic heterocycles. The van der Waals surface area contributed by atoms with Crippen molar-refractivity contribution in [2.24, 2.45) is 11.8 Å². The van der Waals surface area contributed by atoms with Gasteiger partial charge in [-0.05, 0) is 23.3 Å². The van der Waals surface area contributed by atoms with Crippen LogP contribution >= 0.6 is 31.9 Å². The molecule has 0 aliphatic carbocycles. The second-order valence-electron chi connectivity index (χ2n) is 7.44. The molecule has 1 aliphatic rings. The van der Waals surface area contributed by atoms with Gasteiger partial charge in [0, 0.05) is 31.3 Å². The normalized spacial score (nSPS) is 21.5. The first kappa shape index (κ1) is 23.3. The van der Waals surface area contributed by atoms with Gasteiger partial charge < -0.3 is 19.9 Å². The summed E-state index contributed by atoms with van der Waals surface area (Å²) in [6, 6.07) is 17.9. The van der Waals surface area contributed by atoms with E-state index in [2.05, 4.69) is 37.2 Å². The number of halogens is 2. The van der Waals surface area contributed by atoms with E-state index in [-0.39, 0.29) is 15.6 Å². The molecule has 162 valence electrons. The number of aliphatic carboxylic acids is 1. The van der Waals surface area contributed by atoms with Gasteiger partial charge >= 0.3 is 5.97 Å². The summed E-state index contributed by atoms with van der Waals surface area (Å²) in [7, 11) is 0. The van der Waals surface area contributed by atoms with E-state index < -0.39 is 11.9 Å². The van der Waals surface area contributed by atoms with Crippen LogP contribution in [-0.4, -0.2) is 41.1 Å². The predicted octanol–water partition coefficient (Wildman–Crippen LogP) is 4.79. The highest BCUT2D eigenvalue weighted by molar-refractivity contribution is 9.24. The number of alkyl halides is 2. The Labute approximate surface area is 194 Å². The lowest BCUT2D eigenvalue weighted by Crippen LogP contribution is -2.47. The summed E-state index contributed by atoms with van der Waals surface area (Å²) in [5.41, 5.74) is 2.19. The van der Waals surface area contributed by atoms with E-state index in [9.17, 15) is 9.90 Å². The number of carboxylic acids is 1. The van der Waals surface area contributed by atoms with Crippen LogP contribution in [0.1, 0.15) is 23.5 Å². The van der Waals surface area contributed by atoms with Gasteiger partial charge in [0.05, 0.1) is 29.5 Å². The second kappa shape index (κ2) is 11.8. The molecule has 0 saturated carbocycles. The second-order valence-corrected chi connectivity index (χ2v) is 10.6. The number of ether oxygens (including phenoxy) is 2. The zero-order valence-corrected chi connectivity index (χ0v) is 19.8. The first-order valence-corrected chi connectivity index (χ1v) is 12.0. The van der Waals surface area contributed by atoms with Gasteiger partial charge in [-0.3, -0.25) is 4.79 Å². The molecule has 7 heteroatoms. The summed E-state index contributed by atoms with van der Waals surface area (Å²) in [5, 5.41) is 12.9. The fourth-order valence-corrected chi connectivity index (χ4v) is 4.86. The Balaban J connectivity index is 1.49. The van der Waals surface area contributed by atoms with Crippen LogP contribution in [0.3, 0.4) is 0 Å². The van der Waals surface area contributed by atoms with Crippen molar-refractivity contribution in [3.05, 3.63) is 65.7 Å². The molecular formula is C23H27Br2NO4. The molecule has 30 heavy (non-hydrogen) atoms. The number of piperidine rings is 1. The zero-order valence-electron chi connectivity index (χ0n) is 16.7. The zero-order chi connectivity index (χ0) is 21.3. The average Bonchev–Trinajstić information content (AvgIpc) is 2.76. The molecule has 0 amide bonds. The molecule has 0 aromatic heterocycles. The van der Waals surface area contributed by atoms with Crippen LogP contribution in [0.2, 0.25) is 0 Å². The molecule has 2 aromatic carbocycles. The number of carbonyl (C=O) groups is 1. The fraction of sp³-hybridized carbons (Fsp3) is 0.435. The molecule has 1 saturated heterocycles. The number of hydrogen-bond donors (Lipinski definition) is 2. The van der Waals surface area contributed by atoms with Gasteiger partial charge in [-0.15, -0.1) is 0 Å². The highest BCUT2D eigenvalue weighted by Gasteiger charge is 2.40. The van der Waals surface area contributed by atoms with Gasteiger partial charge in [-0.2, -0.15) is 0 Å². The van der Waals surface area contributed by atoms with Gasteiger partial charge in [-0.1, -0.05) is 74.3 Å². The van der Waals surface area contributed by atoms with Gasteiger partial charge in [0.15, 0.2) is 0 Å². The van der Waals surface area contributed by atoms with Gasteiger partial charge in [0.1, 0.15) is 5.75 Å². The van der Waals surface area contributed by atoms with Crippen LogP contribution in [0.15, 0.2) is 54.6 Å². The predicted molar refractivity (Wildman–Crippen MR) is 125 cm³/mol. The van der Waals surface area contributed by atoms with Crippen LogP contribution in [0.25, 0.3) is 0 Å². The number of hydrogen-bond acceptors (Lipinski definition) is 4. The summed E-state index contributed by atoms with van der Waals surface area (Å²) in [6.45, 7) is 3.07. The molecule has 1 fully saturated rings. The van der Waals surface area contributed by atoms with Crippen molar-refractivity contribution in [2.75, 3.05) is 26.3 Å². The molecule has 0 spiro atoms. The van der Waals surface area contributed by atoms with Crippen molar-refractivity contribution < 1.29 is 19.4 Å². The number of nitrogens with one attached hydrogen (secondary N) is 1. The molecule has 3 rings (SSSR count). The van der Waals surface area contributed by atoms with E-state index in [0.29, 0.717) is 26.4 Å². The monoisotopic (exact) mass is 539 g/mol. The maximum absolute atomic E-state index is 11.8. The maximum Gasteiger partial charge on any atom is 0.308 e. The molecule has 2 aromatic rings. The van der Waals surface area contributed by atoms with Gasteiger partial charge in [-0.25, -0.2) is 0 Å². The SMILES string of the molecule is O=C(O)[C@H]1CNC[C@@H](C(Br)Br)[C@H]1c1ccc(OCCCOCc2ccccc2)cc1. The maximum atomic E-state index is 11.8. The van der Waals surface area contributed by atoms with Crippen molar-refractivity contribution in [3.63, 3.8) is 0 Å². The van der Waals surface area contributed by atoms with Crippen molar-refractivity contribution in [3.8, 4) is 5.75 Å². The molecule has 2 N–H and O–H groups in total. The fourth-order valence-electron chi connectivity index (χ4n) is 3.83. The summed E-state index contributed by atoms with van der Waals surface area (Å²) in [5.74, 6) is -0.390. The Hall–Kier alpha value is -1.41. The van der Waals surface area contributed by atoms with Crippen LogP contribution in [0.5, 0.6) is 5.75 Å². The molecule has 0 unspecified atom stereocenters. The lowest BCUT2D eigenvalue weighted by Gasteiger charge is -2.38. The topological polar surface area (TPSA) is 67.8 Å². The molecule has 0 bridgehead atoms. The van der Waals surface area contributed by atoms with E-state index in [1.54, 1.807) is 0 Å². The minimum Gasteiger partial charge on any atom is -0.494 e.